The van der Waals surface area contributed by atoms with Gasteiger partial charge in [0.2, 0.25) is 0 Å². The fourth-order valence-electron chi connectivity index (χ4n) is 3.75. The third-order valence-electron chi connectivity index (χ3n) is 5.22. The summed E-state index contributed by atoms with van der Waals surface area (Å²) in [5, 5.41) is 10.3. The number of rotatable bonds is 6. The van der Waals surface area contributed by atoms with Gasteiger partial charge in [-0.2, -0.15) is 0 Å². The minimum Gasteiger partial charge on any atom is -0.481 e. The zero-order chi connectivity index (χ0) is 22.5. The SMILES string of the molecule is CC1=NC(C)=C(C(=O)OCC=Cc2ccc(C)cc2)C(c2cccc(Cl)c2)C1C(=O)O. The van der Waals surface area contributed by atoms with Gasteiger partial charge in [-0.05, 0) is 50.1 Å². The van der Waals surface area contributed by atoms with Crippen LogP contribution in [0.25, 0.3) is 6.08 Å². The van der Waals surface area contributed by atoms with Crippen molar-refractivity contribution in [1.82, 2.24) is 0 Å². The van der Waals surface area contributed by atoms with Crippen molar-refractivity contribution in [3.63, 3.8) is 0 Å². The summed E-state index contributed by atoms with van der Waals surface area (Å²) in [6, 6.07) is 14.8. The lowest BCUT2D eigenvalue weighted by molar-refractivity contribution is -0.140. The van der Waals surface area contributed by atoms with E-state index in [-0.39, 0.29) is 12.2 Å². The van der Waals surface area contributed by atoms with E-state index in [1.807, 2.05) is 37.3 Å². The number of esters is 1. The fraction of sp³-hybridized carbons (Fsp3) is 0.240. The van der Waals surface area contributed by atoms with Gasteiger partial charge < -0.3 is 9.84 Å². The number of nitrogens with zero attached hydrogens (tertiary/aromatic N) is 1. The molecule has 3 rings (SSSR count). The average Bonchev–Trinajstić information content (AvgIpc) is 2.71. The van der Waals surface area contributed by atoms with Crippen molar-refractivity contribution in [3.8, 4) is 0 Å². The van der Waals surface area contributed by atoms with Crippen LogP contribution in [0.5, 0.6) is 0 Å². The highest BCUT2D eigenvalue weighted by molar-refractivity contribution is 6.30. The van der Waals surface area contributed by atoms with Crippen molar-refractivity contribution in [2.45, 2.75) is 26.7 Å². The van der Waals surface area contributed by atoms with Gasteiger partial charge in [0.15, 0.2) is 0 Å². The summed E-state index contributed by atoms with van der Waals surface area (Å²) < 4.78 is 5.46. The predicted molar refractivity (Wildman–Crippen MR) is 122 cm³/mol. The summed E-state index contributed by atoms with van der Waals surface area (Å²) in [6.07, 6.45) is 3.62. The molecule has 31 heavy (non-hydrogen) atoms. The van der Waals surface area contributed by atoms with E-state index in [0.29, 0.717) is 22.0 Å². The average molecular weight is 438 g/mol. The first kappa shape index (κ1) is 22.5. The molecule has 0 fully saturated rings. The second-order valence-electron chi connectivity index (χ2n) is 7.51. The molecule has 1 aliphatic heterocycles. The summed E-state index contributed by atoms with van der Waals surface area (Å²) in [5.74, 6) is -3.35. The number of carboxylic acids is 1. The summed E-state index contributed by atoms with van der Waals surface area (Å²) in [6.45, 7) is 5.43. The van der Waals surface area contributed by atoms with Gasteiger partial charge in [0.1, 0.15) is 12.5 Å². The van der Waals surface area contributed by atoms with Crippen LogP contribution in [0, 0.1) is 12.8 Å². The van der Waals surface area contributed by atoms with Crippen LogP contribution in [-0.4, -0.2) is 29.4 Å². The maximum atomic E-state index is 13.0. The van der Waals surface area contributed by atoms with Gasteiger partial charge in [-0.1, -0.05) is 59.6 Å². The summed E-state index contributed by atoms with van der Waals surface area (Å²) >= 11 is 6.14. The molecule has 2 aromatic carbocycles. The first-order valence-corrected chi connectivity index (χ1v) is 10.3. The Kier molecular flexibility index (Phi) is 7.08. The molecular formula is C25H24ClNO4. The minimum atomic E-state index is -1.05. The Hall–Kier alpha value is -3.18. The van der Waals surface area contributed by atoms with Crippen molar-refractivity contribution < 1.29 is 19.4 Å². The Labute approximate surface area is 186 Å². The number of allylic oxidation sites excluding steroid dienone is 1. The molecule has 0 saturated carbocycles. The Balaban J connectivity index is 1.86. The van der Waals surface area contributed by atoms with E-state index in [4.69, 9.17) is 16.3 Å². The third-order valence-corrected chi connectivity index (χ3v) is 5.46. The molecule has 5 nitrogen and oxygen atoms in total. The van der Waals surface area contributed by atoms with Gasteiger partial charge in [-0.25, -0.2) is 4.79 Å². The van der Waals surface area contributed by atoms with Crippen LogP contribution < -0.4 is 0 Å². The molecule has 2 aromatic rings. The van der Waals surface area contributed by atoms with E-state index in [1.54, 1.807) is 44.2 Å². The smallest absolute Gasteiger partial charge is 0.336 e. The number of benzene rings is 2. The highest BCUT2D eigenvalue weighted by Crippen LogP contribution is 2.40. The van der Waals surface area contributed by atoms with Gasteiger partial charge in [0, 0.05) is 22.3 Å². The third kappa shape index (κ3) is 5.30. The normalized spacial score (nSPS) is 18.8. The number of ether oxygens (including phenoxy) is 1. The Morgan fingerprint density at radius 1 is 1.13 bits per heavy atom. The van der Waals surface area contributed by atoms with Crippen LogP contribution in [0.3, 0.4) is 0 Å². The Morgan fingerprint density at radius 2 is 1.84 bits per heavy atom. The molecule has 1 aliphatic rings. The van der Waals surface area contributed by atoms with E-state index >= 15 is 0 Å². The summed E-state index contributed by atoms with van der Waals surface area (Å²) in [5.41, 5.74) is 3.93. The number of carbonyl (C=O) groups excluding carboxylic acids is 1. The highest BCUT2D eigenvalue weighted by atomic mass is 35.5. The molecule has 0 amide bonds. The number of aliphatic carboxylic acids is 1. The molecule has 0 saturated heterocycles. The maximum absolute atomic E-state index is 13.0. The van der Waals surface area contributed by atoms with E-state index in [0.717, 1.165) is 5.56 Å². The second kappa shape index (κ2) is 9.75. The zero-order valence-electron chi connectivity index (χ0n) is 17.6. The number of carboxylic acid groups (broad SMARTS) is 1. The lowest BCUT2D eigenvalue weighted by atomic mass is 9.75. The van der Waals surface area contributed by atoms with E-state index in [2.05, 4.69) is 4.99 Å². The first-order valence-electron chi connectivity index (χ1n) is 9.92. The number of halogens is 1. The van der Waals surface area contributed by atoms with E-state index in [1.165, 1.54) is 5.56 Å². The lowest BCUT2D eigenvalue weighted by Gasteiger charge is -2.30. The van der Waals surface area contributed by atoms with Crippen LogP contribution >= 0.6 is 11.6 Å². The number of carbonyl (C=O) groups is 2. The molecule has 0 aromatic heterocycles. The Morgan fingerprint density at radius 3 is 2.48 bits per heavy atom. The molecule has 0 spiro atoms. The van der Waals surface area contributed by atoms with Gasteiger partial charge in [-0.3, -0.25) is 9.79 Å². The van der Waals surface area contributed by atoms with Gasteiger partial charge in [0.05, 0.1) is 5.57 Å². The number of hydrogen-bond donors (Lipinski definition) is 1. The summed E-state index contributed by atoms with van der Waals surface area (Å²) in [7, 11) is 0. The van der Waals surface area contributed by atoms with Crippen molar-refractivity contribution in [2.24, 2.45) is 10.9 Å². The van der Waals surface area contributed by atoms with Crippen LogP contribution in [0.15, 0.2) is 70.9 Å². The number of aryl methyl sites for hydroxylation is 1. The largest absolute Gasteiger partial charge is 0.481 e. The second-order valence-corrected chi connectivity index (χ2v) is 7.95. The zero-order valence-corrected chi connectivity index (χ0v) is 18.4. The summed E-state index contributed by atoms with van der Waals surface area (Å²) in [4.78, 5) is 29.4. The highest BCUT2D eigenvalue weighted by Gasteiger charge is 2.41. The van der Waals surface area contributed by atoms with Crippen LogP contribution in [0.2, 0.25) is 5.02 Å². The molecule has 0 bridgehead atoms. The lowest BCUT2D eigenvalue weighted by Crippen LogP contribution is -2.35. The maximum Gasteiger partial charge on any atom is 0.336 e. The molecule has 1 heterocycles. The first-order chi connectivity index (χ1) is 14.8. The molecule has 1 N–H and O–H groups in total. The molecule has 6 heteroatoms. The molecular weight excluding hydrogens is 414 g/mol. The standard InChI is InChI=1S/C25H24ClNO4/c1-15-9-11-18(12-10-15)6-5-13-31-25(30)22-17(3)27-16(2)21(24(28)29)23(22)19-7-4-8-20(26)14-19/h4-12,14,21,23H,13H2,1-3H3,(H,28,29). The monoisotopic (exact) mass is 437 g/mol. The van der Waals surface area contributed by atoms with Gasteiger partial charge in [-0.15, -0.1) is 0 Å². The van der Waals surface area contributed by atoms with Crippen LogP contribution in [0.4, 0.5) is 0 Å². The van der Waals surface area contributed by atoms with Crippen molar-refractivity contribution >= 4 is 35.3 Å². The predicted octanol–water partition coefficient (Wildman–Crippen LogP) is 5.44. The Bertz CT molecular complexity index is 1080. The van der Waals surface area contributed by atoms with Crippen molar-refractivity contribution in [3.05, 3.63) is 87.6 Å². The molecule has 160 valence electrons. The number of hydrogen-bond acceptors (Lipinski definition) is 4. The molecule has 2 unspecified atom stereocenters. The van der Waals surface area contributed by atoms with Gasteiger partial charge in [0.25, 0.3) is 0 Å². The van der Waals surface area contributed by atoms with E-state index < -0.39 is 23.8 Å². The minimum absolute atomic E-state index is 0.0617. The fourth-order valence-corrected chi connectivity index (χ4v) is 3.94. The molecule has 0 aliphatic carbocycles. The molecule has 0 radical (unpaired) electrons. The number of aliphatic imine (C=N–C) groups is 1. The van der Waals surface area contributed by atoms with Gasteiger partial charge >= 0.3 is 11.9 Å². The quantitative estimate of drug-likeness (QED) is 0.610. The van der Waals surface area contributed by atoms with E-state index in [9.17, 15) is 14.7 Å². The van der Waals surface area contributed by atoms with Crippen LogP contribution in [0.1, 0.15) is 36.5 Å². The topological polar surface area (TPSA) is 76.0 Å². The molecule has 2 atom stereocenters. The van der Waals surface area contributed by atoms with Crippen molar-refractivity contribution in [2.75, 3.05) is 6.61 Å². The van der Waals surface area contributed by atoms with Crippen molar-refractivity contribution in [1.29, 1.82) is 0 Å². The van der Waals surface area contributed by atoms with Crippen LogP contribution in [-0.2, 0) is 14.3 Å².